The van der Waals surface area contributed by atoms with Crippen LogP contribution in [0.5, 0.6) is 0 Å². The molecule has 2 heteroatoms. The van der Waals surface area contributed by atoms with Gasteiger partial charge in [-0.1, -0.05) is 13.0 Å². The van der Waals surface area contributed by atoms with Crippen molar-refractivity contribution in [2.45, 2.75) is 13.8 Å². The second-order valence-corrected chi connectivity index (χ2v) is 2.36. The summed E-state index contributed by atoms with van der Waals surface area (Å²) in [6.45, 7) is 3.35. The first-order valence-electron chi connectivity index (χ1n) is 3.40. The van der Waals surface area contributed by atoms with E-state index in [-0.39, 0.29) is 0 Å². The van der Waals surface area contributed by atoms with Crippen LogP contribution in [0, 0.1) is 25.0 Å². The van der Waals surface area contributed by atoms with Crippen LogP contribution in [-0.4, -0.2) is 0 Å². The smallest absolute Gasteiger partial charge is 0.162 e. The zero-order valence-electron chi connectivity index (χ0n) is 6.49. The van der Waals surface area contributed by atoms with Gasteiger partial charge in [0.2, 0.25) is 0 Å². The third-order valence-electron chi connectivity index (χ3n) is 1.69. The summed E-state index contributed by atoms with van der Waals surface area (Å²) in [5.41, 5.74) is 1.11. The molecule has 0 aromatic heterocycles. The van der Waals surface area contributed by atoms with Crippen molar-refractivity contribution in [2.75, 3.05) is 0 Å². The fourth-order valence-corrected chi connectivity index (χ4v) is 0.980. The quantitative estimate of drug-likeness (QED) is 0.585. The Balaban J connectivity index is 3.25. The highest BCUT2D eigenvalue weighted by Gasteiger charge is 2.07. The molecule has 0 nitrogen and oxygen atoms in total. The van der Waals surface area contributed by atoms with E-state index in [0.29, 0.717) is 5.56 Å². The van der Waals surface area contributed by atoms with Crippen molar-refractivity contribution in [3.63, 3.8) is 0 Å². The van der Waals surface area contributed by atoms with Crippen molar-refractivity contribution in [1.29, 1.82) is 0 Å². The second kappa shape index (κ2) is 2.99. The van der Waals surface area contributed by atoms with E-state index in [0.717, 1.165) is 11.6 Å². The van der Waals surface area contributed by atoms with E-state index in [2.05, 4.69) is 0 Å². The van der Waals surface area contributed by atoms with Crippen molar-refractivity contribution in [1.82, 2.24) is 0 Å². The fourth-order valence-electron chi connectivity index (χ4n) is 0.980. The summed E-state index contributed by atoms with van der Waals surface area (Å²) < 4.78 is 25.3. The molecule has 0 unspecified atom stereocenters. The van der Waals surface area contributed by atoms with E-state index >= 15 is 0 Å². The van der Waals surface area contributed by atoms with Gasteiger partial charge in [0.25, 0.3) is 0 Å². The Kier molecular flexibility index (Phi) is 2.22. The summed E-state index contributed by atoms with van der Waals surface area (Å²) in [6.07, 6.45) is 1.75. The minimum absolute atomic E-state index is 0.368. The molecule has 59 valence electrons. The van der Waals surface area contributed by atoms with Crippen LogP contribution in [0.25, 0.3) is 0 Å². The van der Waals surface area contributed by atoms with Crippen molar-refractivity contribution in [2.24, 2.45) is 0 Å². The van der Waals surface area contributed by atoms with Crippen molar-refractivity contribution >= 4 is 0 Å². The highest BCUT2D eigenvalue weighted by atomic mass is 19.2. The number of rotatable bonds is 1. The second-order valence-electron chi connectivity index (χ2n) is 2.36. The molecule has 0 atom stereocenters. The Morgan fingerprint density at radius 1 is 1.27 bits per heavy atom. The van der Waals surface area contributed by atoms with Crippen LogP contribution >= 0.6 is 0 Å². The molecule has 0 N–H and O–H groups in total. The van der Waals surface area contributed by atoms with Gasteiger partial charge in [0.1, 0.15) is 0 Å². The van der Waals surface area contributed by atoms with E-state index in [1.54, 1.807) is 26.3 Å². The first-order chi connectivity index (χ1) is 5.16. The van der Waals surface area contributed by atoms with Crippen LogP contribution in [0.3, 0.4) is 0 Å². The molecule has 0 saturated heterocycles. The Morgan fingerprint density at radius 3 is 2.45 bits per heavy atom. The number of benzene rings is 1. The van der Waals surface area contributed by atoms with Gasteiger partial charge in [0, 0.05) is 0 Å². The Morgan fingerprint density at radius 2 is 1.91 bits per heavy atom. The zero-order chi connectivity index (χ0) is 8.43. The van der Waals surface area contributed by atoms with Gasteiger partial charge in [-0.15, -0.1) is 0 Å². The summed E-state index contributed by atoms with van der Waals surface area (Å²) in [4.78, 5) is 0. The van der Waals surface area contributed by atoms with E-state index < -0.39 is 11.6 Å². The van der Waals surface area contributed by atoms with Gasteiger partial charge in [0.15, 0.2) is 11.6 Å². The summed E-state index contributed by atoms with van der Waals surface area (Å²) in [6, 6.07) is 2.70. The van der Waals surface area contributed by atoms with E-state index in [4.69, 9.17) is 0 Å². The van der Waals surface area contributed by atoms with Gasteiger partial charge in [0.05, 0.1) is 0 Å². The lowest BCUT2D eigenvalue weighted by Crippen LogP contribution is -1.93. The Labute approximate surface area is 64.9 Å². The van der Waals surface area contributed by atoms with E-state index in [1.165, 1.54) is 0 Å². The van der Waals surface area contributed by atoms with Crippen LogP contribution in [0.15, 0.2) is 12.1 Å². The highest BCUT2D eigenvalue weighted by molar-refractivity contribution is 5.32. The normalized spacial score (nSPS) is 10.2. The monoisotopic (exact) mass is 155 g/mol. The molecule has 0 heterocycles. The minimum atomic E-state index is -0.784. The van der Waals surface area contributed by atoms with Gasteiger partial charge in [-0.05, 0) is 30.5 Å². The number of hydrogen-bond donors (Lipinski definition) is 0. The van der Waals surface area contributed by atoms with Crippen molar-refractivity contribution in [3.8, 4) is 0 Å². The molecule has 1 rings (SSSR count). The molecule has 1 aromatic rings. The Hall–Kier alpha value is -0.920. The first kappa shape index (κ1) is 8.18. The topological polar surface area (TPSA) is 0 Å². The van der Waals surface area contributed by atoms with Crippen LogP contribution in [-0.2, 0) is 0 Å². The third kappa shape index (κ3) is 1.39. The van der Waals surface area contributed by atoms with Gasteiger partial charge in [-0.3, -0.25) is 0 Å². The maximum Gasteiger partial charge on any atom is 0.162 e. The maximum atomic E-state index is 12.8. The van der Waals surface area contributed by atoms with Gasteiger partial charge < -0.3 is 0 Å². The van der Waals surface area contributed by atoms with Crippen LogP contribution < -0.4 is 0 Å². The molecule has 0 amide bonds. The lowest BCUT2D eigenvalue weighted by atomic mass is 10.1. The van der Waals surface area contributed by atoms with E-state index in [9.17, 15) is 8.78 Å². The summed E-state index contributed by atoms with van der Waals surface area (Å²) in [5, 5.41) is 0. The molecule has 0 aliphatic carbocycles. The standard InChI is InChI=1S/C9H9F2/c1-3-7-4-5-8(10)9(11)6(7)2/h3-5H,1-2H3. The van der Waals surface area contributed by atoms with Crippen LogP contribution in [0.2, 0.25) is 0 Å². The highest BCUT2D eigenvalue weighted by Crippen LogP contribution is 2.16. The molecular weight excluding hydrogens is 146 g/mol. The zero-order valence-corrected chi connectivity index (χ0v) is 6.49. The summed E-state index contributed by atoms with van der Waals surface area (Å²) >= 11 is 0. The molecular formula is C9H9F2. The SMILES string of the molecule is C[CH]c1ccc(F)c(F)c1C. The fraction of sp³-hybridized carbons (Fsp3) is 0.222. The Bertz CT molecular complexity index is 267. The molecule has 0 spiro atoms. The molecule has 1 radical (unpaired) electrons. The van der Waals surface area contributed by atoms with Gasteiger partial charge in [-0.25, -0.2) is 8.78 Å². The lowest BCUT2D eigenvalue weighted by molar-refractivity contribution is 0.502. The largest absolute Gasteiger partial charge is 0.204 e. The molecule has 11 heavy (non-hydrogen) atoms. The van der Waals surface area contributed by atoms with Gasteiger partial charge >= 0.3 is 0 Å². The number of halogens is 2. The average molecular weight is 155 g/mol. The van der Waals surface area contributed by atoms with Crippen LogP contribution in [0.4, 0.5) is 8.78 Å². The molecule has 1 aromatic carbocycles. The molecule has 0 fully saturated rings. The van der Waals surface area contributed by atoms with Gasteiger partial charge in [-0.2, -0.15) is 0 Å². The summed E-state index contributed by atoms with van der Waals surface area (Å²) in [5.74, 6) is -1.53. The lowest BCUT2D eigenvalue weighted by Gasteiger charge is -2.03. The van der Waals surface area contributed by atoms with Crippen molar-refractivity contribution in [3.05, 3.63) is 41.3 Å². The third-order valence-corrected chi connectivity index (χ3v) is 1.69. The average Bonchev–Trinajstić information content (AvgIpc) is 2.01. The predicted molar refractivity (Wildman–Crippen MR) is 40.2 cm³/mol. The van der Waals surface area contributed by atoms with Crippen molar-refractivity contribution < 1.29 is 8.78 Å². The first-order valence-corrected chi connectivity index (χ1v) is 3.40. The predicted octanol–water partition coefficient (Wildman–Crippen LogP) is 2.85. The van der Waals surface area contributed by atoms with E-state index in [1.807, 2.05) is 0 Å². The molecule has 0 saturated carbocycles. The maximum absolute atomic E-state index is 12.8. The molecule has 0 aliphatic rings. The van der Waals surface area contributed by atoms with Crippen LogP contribution in [0.1, 0.15) is 18.1 Å². The number of hydrogen-bond acceptors (Lipinski definition) is 0. The minimum Gasteiger partial charge on any atom is -0.204 e. The molecule has 0 bridgehead atoms. The summed E-state index contributed by atoms with van der Waals surface area (Å²) in [7, 11) is 0. The molecule has 0 aliphatic heterocycles.